The minimum atomic E-state index is -4.75. The predicted octanol–water partition coefficient (Wildman–Crippen LogP) is 1.39. The molecule has 0 unspecified atom stereocenters. The SMILES string of the molecule is CNC(=O)C(=O)[C@H](C[C@@H]1CCNC1=O)NC(=O)c1cc(Cl)ccc1NC(=O)OCC(F)(F)F. The molecule has 180 valence electrons. The van der Waals surface area contributed by atoms with Crippen LogP contribution >= 0.6 is 11.6 Å². The van der Waals surface area contributed by atoms with E-state index in [1.807, 2.05) is 5.32 Å². The van der Waals surface area contributed by atoms with Crippen LogP contribution in [0.3, 0.4) is 0 Å². The van der Waals surface area contributed by atoms with Crippen molar-refractivity contribution in [3.8, 4) is 0 Å². The molecule has 0 bridgehead atoms. The van der Waals surface area contributed by atoms with Crippen molar-refractivity contribution >= 4 is 46.9 Å². The van der Waals surface area contributed by atoms with Gasteiger partial charge in [-0.15, -0.1) is 0 Å². The standard InChI is InChI=1S/C19H20ClF3N4O6/c1-24-17(31)14(28)13(6-9-4-5-25-15(9)29)26-16(30)11-7-10(20)2-3-12(11)27-18(32)33-8-19(21,22)23/h2-3,7,9,13H,4-6,8H2,1H3,(H,24,31)(H,25,29)(H,26,30)(H,27,32)/t9-,13-/m0/s1. The summed E-state index contributed by atoms with van der Waals surface area (Å²) in [6, 6.07) is 2.11. The maximum absolute atomic E-state index is 12.9. The number of halogens is 4. The van der Waals surface area contributed by atoms with Gasteiger partial charge in [-0.3, -0.25) is 24.5 Å². The molecule has 2 rings (SSSR count). The molecular formula is C19H20ClF3N4O6. The first-order chi connectivity index (χ1) is 15.4. The van der Waals surface area contributed by atoms with Crippen LogP contribution in [0, 0.1) is 5.92 Å². The number of nitrogens with one attached hydrogen (secondary N) is 4. The molecule has 0 aromatic heterocycles. The monoisotopic (exact) mass is 492 g/mol. The quantitative estimate of drug-likeness (QED) is 0.404. The molecule has 33 heavy (non-hydrogen) atoms. The van der Waals surface area contributed by atoms with Gasteiger partial charge in [-0.25, -0.2) is 4.79 Å². The number of carbonyl (C=O) groups is 5. The van der Waals surface area contributed by atoms with Gasteiger partial charge in [0.05, 0.1) is 17.3 Å². The van der Waals surface area contributed by atoms with Crippen LogP contribution in [-0.2, 0) is 19.1 Å². The van der Waals surface area contributed by atoms with Crippen LogP contribution in [0.5, 0.6) is 0 Å². The van der Waals surface area contributed by atoms with Crippen LogP contribution in [0.2, 0.25) is 5.02 Å². The van der Waals surface area contributed by atoms with E-state index in [0.717, 1.165) is 12.1 Å². The number of likely N-dealkylation sites (N-methyl/N-ethyl adjacent to an activating group) is 1. The van der Waals surface area contributed by atoms with E-state index in [4.69, 9.17) is 11.6 Å². The second kappa shape index (κ2) is 11.0. The molecule has 1 heterocycles. The highest BCUT2D eigenvalue weighted by atomic mass is 35.5. The Morgan fingerprint density at radius 1 is 1.27 bits per heavy atom. The summed E-state index contributed by atoms with van der Waals surface area (Å²) in [6.45, 7) is -1.47. The Kier molecular flexibility index (Phi) is 8.63. The third-order valence-corrected chi connectivity index (χ3v) is 4.82. The number of hydrogen-bond acceptors (Lipinski definition) is 6. The zero-order valence-electron chi connectivity index (χ0n) is 17.2. The summed E-state index contributed by atoms with van der Waals surface area (Å²) in [5.74, 6) is -3.94. The molecule has 1 aromatic carbocycles. The molecule has 14 heteroatoms. The second-order valence-corrected chi connectivity index (χ2v) is 7.42. The molecule has 1 aromatic rings. The lowest BCUT2D eigenvalue weighted by Gasteiger charge is -2.20. The van der Waals surface area contributed by atoms with E-state index >= 15 is 0 Å². The third kappa shape index (κ3) is 7.63. The Morgan fingerprint density at radius 3 is 2.55 bits per heavy atom. The highest BCUT2D eigenvalue weighted by Gasteiger charge is 2.34. The number of benzene rings is 1. The van der Waals surface area contributed by atoms with Crippen molar-refractivity contribution in [2.24, 2.45) is 5.92 Å². The van der Waals surface area contributed by atoms with Crippen molar-refractivity contribution in [3.05, 3.63) is 28.8 Å². The highest BCUT2D eigenvalue weighted by Crippen LogP contribution is 2.23. The molecule has 1 saturated heterocycles. The van der Waals surface area contributed by atoms with Crippen molar-refractivity contribution in [2.45, 2.75) is 25.1 Å². The number of amides is 4. The fraction of sp³-hybridized carbons (Fsp3) is 0.421. The van der Waals surface area contributed by atoms with Crippen molar-refractivity contribution in [1.82, 2.24) is 16.0 Å². The van der Waals surface area contributed by atoms with Gasteiger partial charge >= 0.3 is 12.3 Å². The van der Waals surface area contributed by atoms with Crippen LogP contribution in [0.1, 0.15) is 23.2 Å². The lowest BCUT2D eigenvalue weighted by Crippen LogP contribution is -2.48. The highest BCUT2D eigenvalue weighted by molar-refractivity contribution is 6.38. The van der Waals surface area contributed by atoms with E-state index < -0.39 is 48.4 Å². The fourth-order valence-corrected chi connectivity index (χ4v) is 3.18. The van der Waals surface area contributed by atoms with E-state index in [-0.39, 0.29) is 28.6 Å². The molecule has 0 aliphatic carbocycles. The Bertz CT molecular complexity index is 956. The molecule has 1 fully saturated rings. The number of rotatable bonds is 8. The zero-order chi connectivity index (χ0) is 24.8. The van der Waals surface area contributed by atoms with Crippen molar-refractivity contribution in [2.75, 3.05) is 25.5 Å². The average Bonchev–Trinajstić information content (AvgIpc) is 3.15. The summed E-state index contributed by atoms with van der Waals surface area (Å²) in [4.78, 5) is 60.8. The molecule has 10 nitrogen and oxygen atoms in total. The van der Waals surface area contributed by atoms with E-state index in [1.165, 1.54) is 13.1 Å². The smallest absolute Gasteiger partial charge is 0.422 e. The van der Waals surface area contributed by atoms with Crippen molar-refractivity contribution in [3.63, 3.8) is 0 Å². The van der Waals surface area contributed by atoms with Crippen LogP contribution in [-0.4, -0.2) is 62.0 Å². The normalized spacial score (nSPS) is 16.4. The Balaban J connectivity index is 2.22. The zero-order valence-corrected chi connectivity index (χ0v) is 17.9. The Labute approximate surface area is 190 Å². The number of anilines is 1. The van der Waals surface area contributed by atoms with Gasteiger partial charge < -0.3 is 20.7 Å². The topological polar surface area (TPSA) is 143 Å². The molecule has 1 aliphatic rings. The molecule has 4 N–H and O–H groups in total. The van der Waals surface area contributed by atoms with Gasteiger partial charge in [0, 0.05) is 24.5 Å². The van der Waals surface area contributed by atoms with Crippen LogP contribution < -0.4 is 21.3 Å². The number of ketones is 1. The molecule has 0 saturated carbocycles. The number of ether oxygens (including phenoxy) is 1. The van der Waals surface area contributed by atoms with Gasteiger partial charge in [0.1, 0.15) is 0 Å². The van der Waals surface area contributed by atoms with Gasteiger partial charge in [-0.2, -0.15) is 13.2 Å². The molecule has 2 atom stereocenters. The maximum Gasteiger partial charge on any atom is 0.422 e. The first kappa shape index (κ1) is 25.9. The number of Topliss-reactive ketones (excluding diaryl/α,β-unsaturated/α-hetero) is 1. The van der Waals surface area contributed by atoms with Crippen molar-refractivity contribution in [1.29, 1.82) is 0 Å². The van der Waals surface area contributed by atoms with Crippen LogP contribution in [0.25, 0.3) is 0 Å². The predicted molar refractivity (Wildman–Crippen MR) is 109 cm³/mol. The average molecular weight is 493 g/mol. The summed E-state index contributed by atoms with van der Waals surface area (Å²) in [5, 5.41) is 9.09. The Hall–Kier alpha value is -3.35. The second-order valence-electron chi connectivity index (χ2n) is 6.99. The van der Waals surface area contributed by atoms with Gasteiger partial charge in [0.15, 0.2) is 6.61 Å². The van der Waals surface area contributed by atoms with Gasteiger partial charge in [-0.05, 0) is 31.0 Å². The number of carbonyl (C=O) groups excluding carboxylic acids is 5. The molecule has 0 spiro atoms. The Morgan fingerprint density at radius 2 is 1.97 bits per heavy atom. The molecule has 4 amide bonds. The summed E-state index contributed by atoms with van der Waals surface area (Å²) in [5.41, 5.74) is -0.564. The minimum absolute atomic E-state index is 0.0405. The van der Waals surface area contributed by atoms with Gasteiger partial charge in [0.25, 0.3) is 11.8 Å². The third-order valence-electron chi connectivity index (χ3n) is 4.59. The summed E-state index contributed by atoms with van der Waals surface area (Å²) in [7, 11) is 1.22. The molecule has 0 radical (unpaired) electrons. The first-order valence-corrected chi connectivity index (χ1v) is 9.93. The molecule has 1 aliphatic heterocycles. The number of hydrogen-bond donors (Lipinski definition) is 4. The van der Waals surface area contributed by atoms with Gasteiger partial charge in [0.2, 0.25) is 11.7 Å². The van der Waals surface area contributed by atoms with E-state index in [1.54, 1.807) is 0 Å². The number of alkyl halides is 3. The first-order valence-electron chi connectivity index (χ1n) is 9.56. The summed E-state index contributed by atoms with van der Waals surface area (Å²) in [6.07, 6.45) is -6.01. The maximum atomic E-state index is 12.9. The molecular weight excluding hydrogens is 473 g/mol. The lowest BCUT2D eigenvalue weighted by atomic mass is 9.95. The van der Waals surface area contributed by atoms with E-state index in [2.05, 4.69) is 20.7 Å². The fourth-order valence-electron chi connectivity index (χ4n) is 3.01. The summed E-state index contributed by atoms with van der Waals surface area (Å²) < 4.78 is 40.8. The van der Waals surface area contributed by atoms with Gasteiger partial charge in [-0.1, -0.05) is 11.6 Å². The minimum Gasteiger partial charge on any atom is -0.440 e. The summed E-state index contributed by atoms with van der Waals surface area (Å²) >= 11 is 5.89. The van der Waals surface area contributed by atoms with Crippen LogP contribution in [0.15, 0.2) is 18.2 Å². The lowest BCUT2D eigenvalue weighted by molar-refractivity contribution is -0.159. The van der Waals surface area contributed by atoms with E-state index in [9.17, 15) is 37.1 Å². The van der Waals surface area contributed by atoms with E-state index in [0.29, 0.717) is 13.0 Å². The van der Waals surface area contributed by atoms with Crippen LogP contribution in [0.4, 0.5) is 23.7 Å². The van der Waals surface area contributed by atoms with Crippen molar-refractivity contribution < 1.29 is 41.9 Å². The largest absolute Gasteiger partial charge is 0.440 e.